The number of nitrogens with one attached hydrogen (secondary N) is 2. The van der Waals surface area contributed by atoms with Crippen LogP contribution in [0.2, 0.25) is 0 Å². The van der Waals surface area contributed by atoms with Gasteiger partial charge in [-0.15, -0.1) is 0 Å². The summed E-state index contributed by atoms with van der Waals surface area (Å²) in [5, 5.41) is 2.67. The molecule has 3 rings (SSSR count). The first-order valence-corrected chi connectivity index (χ1v) is 9.26. The maximum Gasteiger partial charge on any atom is 0.338 e. The van der Waals surface area contributed by atoms with Crippen molar-refractivity contribution in [2.75, 3.05) is 45.3 Å². The van der Waals surface area contributed by atoms with E-state index in [1.54, 1.807) is 36.4 Å². The normalized spacial score (nSPS) is 14.3. The van der Waals surface area contributed by atoms with Gasteiger partial charge in [0.25, 0.3) is 5.91 Å². The van der Waals surface area contributed by atoms with Crippen LogP contribution in [0.5, 0.6) is 5.75 Å². The Bertz CT molecular complexity index is 801. The number of hydrogen-bond donors (Lipinski definition) is 2. The molecule has 1 heterocycles. The number of methoxy groups -OCH3 is 1. The Kier molecular flexibility index (Phi) is 7.00. The summed E-state index contributed by atoms with van der Waals surface area (Å²) in [5.74, 6) is -0.411. The highest BCUT2D eigenvalue weighted by molar-refractivity contribution is 5.96. The molecular weight excluding hydrogens is 360 g/mol. The summed E-state index contributed by atoms with van der Waals surface area (Å²) in [7, 11) is 1.52. The van der Waals surface area contributed by atoms with Crippen LogP contribution in [0.1, 0.15) is 15.9 Å². The summed E-state index contributed by atoms with van der Waals surface area (Å²) >= 11 is 0. The Hall–Kier alpha value is -2.90. The fourth-order valence-electron chi connectivity index (χ4n) is 3.03. The summed E-state index contributed by atoms with van der Waals surface area (Å²) in [6.45, 7) is 4.10. The van der Waals surface area contributed by atoms with Gasteiger partial charge in [-0.1, -0.05) is 24.3 Å². The summed E-state index contributed by atoms with van der Waals surface area (Å²) in [4.78, 5) is 25.7. The van der Waals surface area contributed by atoms with Crippen molar-refractivity contribution in [3.63, 3.8) is 0 Å². The van der Waals surface area contributed by atoms with Gasteiger partial charge in [-0.3, -0.25) is 4.79 Å². The minimum atomic E-state index is -0.527. The van der Waals surface area contributed by atoms with Crippen molar-refractivity contribution in [1.82, 2.24) is 0 Å². The molecule has 2 aromatic carbocycles. The number of anilines is 1. The first kappa shape index (κ1) is 19.9. The first-order chi connectivity index (χ1) is 13.7. The maximum absolute atomic E-state index is 12.2. The molecule has 1 saturated heterocycles. The van der Waals surface area contributed by atoms with E-state index in [4.69, 9.17) is 14.2 Å². The summed E-state index contributed by atoms with van der Waals surface area (Å²) < 4.78 is 15.7. The molecule has 0 atom stereocenters. The van der Waals surface area contributed by atoms with E-state index in [1.807, 2.05) is 12.1 Å². The molecule has 1 fully saturated rings. The van der Waals surface area contributed by atoms with Crippen LogP contribution in [0.4, 0.5) is 5.69 Å². The molecular formula is C21H25N2O5+. The molecule has 7 heteroatoms. The smallest absolute Gasteiger partial charge is 0.338 e. The van der Waals surface area contributed by atoms with Crippen LogP contribution in [-0.4, -0.2) is 51.9 Å². The number of carbonyl (C=O) groups is 2. The molecule has 0 saturated carbocycles. The number of carbonyl (C=O) groups excluding carboxylic acids is 2. The molecule has 7 nitrogen and oxygen atoms in total. The number of esters is 1. The summed E-state index contributed by atoms with van der Waals surface area (Å²) in [6, 6.07) is 14.4. The van der Waals surface area contributed by atoms with E-state index in [2.05, 4.69) is 5.32 Å². The molecule has 0 spiro atoms. The Balaban J connectivity index is 1.48. The van der Waals surface area contributed by atoms with Gasteiger partial charge < -0.3 is 24.4 Å². The summed E-state index contributed by atoms with van der Waals surface area (Å²) in [6.07, 6.45) is 0. The number of benzene rings is 2. The highest BCUT2D eigenvalue weighted by atomic mass is 16.5. The van der Waals surface area contributed by atoms with Gasteiger partial charge in [0.1, 0.15) is 25.4 Å². The fraction of sp³-hybridized carbons (Fsp3) is 0.333. The molecule has 0 aliphatic carbocycles. The van der Waals surface area contributed by atoms with Crippen LogP contribution < -0.4 is 15.0 Å². The van der Waals surface area contributed by atoms with E-state index in [9.17, 15) is 9.59 Å². The number of rotatable bonds is 7. The lowest BCUT2D eigenvalue weighted by Gasteiger charge is -2.23. The average molecular weight is 385 g/mol. The Labute approximate surface area is 164 Å². The van der Waals surface area contributed by atoms with Crippen molar-refractivity contribution in [2.24, 2.45) is 0 Å². The van der Waals surface area contributed by atoms with Crippen LogP contribution in [0.3, 0.4) is 0 Å². The zero-order valence-electron chi connectivity index (χ0n) is 15.9. The van der Waals surface area contributed by atoms with Gasteiger partial charge in [0.2, 0.25) is 0 Å². The monoisotopic (exact) mass is 385 g/mol. The quantitative estimate of drug-likeness (QED) is 0.693. The van der Waals surface area contributed by atoms with E-state index in [0.717, 1.165) is 38.4 Å². The lowest BCUT2D eigenvalue weighted by Crippen LogP contribution is -3.12. The SMILES string of the molecule is COc1ccccc1NC(=O)COC(=O)c1ccc(C[NH+]2CCOCC2)cc1. The van der Waals surface area contributed by atoms with Crippen LogP contribution in [0.25, 0.3) is 0 Å². The largest absolute Gasteiger partial charge is 0.495 e. The second-order valence-corrected chi connectivity index (χ2v) is 6.56. The number of para-hydroxylation sites is 2. The third kappa shape index (κ3) is 5.55. The lowest BCUT2D eigenvalue weighted by atomic mass is 10.1. The molecule has 1 aliphatic heterocycles. The Morgan fingerprint density at radius 3 is 2.50 bits per heavy atom. The van der Waals surface area contributed by atoms with Gasteiger partial charge in [-0.05, 0) is 24.3 Å². The third-order valence-electron chi connectivity index (χ3n) is 4.56. The minimum absolute atomic E-state index is 0.365. The van der Waals surface area contributed by atoms with E-state index in [-0.39, 0.29) is 6.61 Å². The highest BCUT2D eigenvalue weighted by Gasteiger charge is 2.15. The molecule has 2 aromatic rings. The average Bonchev–Trinajstić information content (AvgIpc) is 2.74. The second-order valence-electron chi connectivity index (χ2n) is 6.56. The fourth-order valence-corrected chi connectivity index (χ4v) is 3.03. The number of ether oxygens (including phenoxy) is 3. The van der Waals surface area contributed by atoms with Crippen molar-refractivity contribution >= 4 is 17.6 Å². The van der Waals surface area contributed by atoms with Crippen molar-refractivity contribution in [1.29, 1.82) is 0 Å². The van der Waals surface area contributed by atoms with Crippen molar-refractivity contribution in [3.05, 3.63) is 59.7 Å². The van der Waals surface area contributed by atoms with Gasteiger partial charge in [0.15, 0.2) is 6.61 Å². The number of hydrogen-bond acceptors (Lipinski definition) is 5. The first-order valence-electron chi connectivity index (χ1n) is 9.26. The molecule has 0 bridgehead atoms. The molecule has 0 unspecified atom stereocenters. The van der Waals surface area contributed by atoms with Crippen molar-refractivity contribution < 1.29 is 28.7 Å². The predicted molar refractivity (Wildman–Crippen MR) is 104 cm³/mol. The van der Waals surface area contributed by atoms with Gasteiger partial charge in [-0.2, -0.15) is 0 Å². The summed E-state index contributed by atoms with van der Waals surface area (Å²) in [5.41, 5.74) is 2.11. The molecule has 2 N–H and O–H groups in total. The zero-order valence-corrected chi connectivity index (χ0v) is 15.9. The topological polar surface area (TPSA) is 78.3 Å². The number of quaternary nitrogens is 1. The number of morpholine rings is 1. The van der Waals surface area contributed by atoms with Gasteiger partial charge >= 0.3 is 5.97 Å². The molecule has 148 valence electrons. The molecule has 0 radical (unpaired) electrons. The van der Waals surface area contributed by atoms with Gasteiger partial charge in [0.05, 0.1) is 31.6 Å². The Morgan fingerprint density at radius 1 is 1.07 bits per heavy atom. The molecule has 28 heavy (non-hydrogen) atoms. The minimum Gasteiger partial charge on any atom is -0.495 e. The lowest BCUT2D eigenvalue weighted by molar-refractivity contribution is -0.921. The third-order valence-corrected chi connectivity index (χ3v) is 4.56. The van der Waals surface area contributed by atoms with Gasteiger partial charge in [0, 0.05) is 5.56 Å². The van der Waals surface area contributed by atoms with Crippen molar-refractivity contribution in [3.8, 4) is 5.75 Å². The predicted octanol–water partition coefficient (Wildman–Crippen LogP) is 0.906. The van der Waals surface area contributed by atoms with Crippen LogP contribution >= 0.6 is 0 Å². The van der Waals surface area contributed by atoms with E-state index < -0.39 is 11.9 Å². The van der Waals surface area contributed by atoms with Crippen LogP contribution in [0.15, 0.2) is 48.5 Å². The van der Waals surface area contributed by atoms with E-state index >= 15 is 0 Å². The van der Waals surface area contributed by atoms with Crippen molar-refractivity contribution in [2.45, 2.75) is 6.54 Å². The van der Waals surface area contributed by atoms with Crippen LogP contribution in [-0.2, 0) is 20.8 Å². The standard InChI is InChI=1S/C21H24N2O5/c1-26-19-5-3-2-4-18(19)22-20(24)15-28-21(25)17-8-6-16(7-9-17)14-23-10-12-27-13-11-23/h2-9H,10-15H2,1H3,(H,22,24)/p+1. The zero-order chi connectivity index (χ0) is 19.8. The highest BCUT2D eigenvalue weighted by Crippen LogP contribution is 2.22. The maximum atomic E-state index is 12.2. The molecule has 1 aliphatic rings. The number of amides is 1. The van der Waals surface area contributed by atoms with Crippen LogP contribution in [0, 0.1) is 0 Å². The van der Waals surface area contributed by atoms with Gasteiger partial charge in [-0.25, -0.2) is 4.79 Å². The second kappa shape index (κ2) is 9.87. The molecule has 1 amide bonds. The Morgan fingerprint density at radius 2 is 1.79 bits per heavy atom. The van der Waals surface area contributed by atoms with E-state index in [1.165, 1.54) is 12.0 Å². The molecule has 0 aromatic heterocycles. The van der Waals surface area contributed by atoms with E-state index in [0.29, 0.717) is 17.0 Å².